The van der Waals surface area contributed by atoms with Crippen LogP contribution in [-0.2, 0) is 4.79 Å². The minimum Gasteiger partial charge on any atom is -0.480 e. The van der Waals surface area contributed by atoms with E-state index in [0.717, 1.165) is 12.8 Å². The van der Waals surface area contributed by atoms with Gasteiger partial charge in [0, 0.05) is 19.6 Å². The highest BCUT2D eigenvalue weighted by Gasteiger charge is 2.20. The lowest BCUT2D eigenvalue weighted by Gasteiger charge is -2.28. The van der Waals surface area contributed by atoms with Gasteiger partial charge in [-0.25, -0.2) is 4.79 Å². The highest BCUT2D eigenvalue weighted by molar-refractivity contribution is 5.80. The van der Waals surface area contributed by atoms with Gasteiger partial charge in [0.2, 0.25) is 0 Å². The van der Waals surface area contributed by atoms with Crippen molar-refractivity contribution in [1.29, 1.82) is 0 Å². The van der Waals surface area contributed by atoms with Crippen molar-refractivity contribution in [1.82, 2.24) is 9.80 Å². The molecule has 0 radical (unpaired) electrons. The number of carboxylic acids is 1. The second-order valence-electron chi connectivity index (χ2n) is 3.83. The molecule has 1 N–H and O–H groups in total. The Morgan fingerprint density at radius 3 is 2.06 bits per heavy atom. The van der Waals surface area contributed by atoms with Crippen LogP contribution in [0.1, 0.15) is 26.7 Å². The lowest BCUT2D eigenvalue weighted by molar-refractivity contribution is -0.137. The predicted molar refractivity (Wildman–Crippen MR) is 67.0 cm³/mol. The van der Waals surface area contributed by atoms with Crippen molar-refractivity contribution in [2.24, 2.45) is 0 Å². The Kier molecular flexibility index (Phi) is 7.84. The molecular weight excluding hydrogens is 220 g/mol. The molecule has 0 aliphatic carbocycles. The van der Waals surface area contributed by atoms with E-state index in [2.05, 4.69) is 6.58 Å². The van der Waals surface area contributed by atoms with Crippen molar-refractivity contribution >= 4 is 12.0 Å². The molecule has 0 bridgehead atoms. The first-order valence-electron chi connectivity index (χ1n) is 5.93. The zero-order chi connectivity index (χ0) is 13.3. The molecule has 5 nitrogen and oxygen atoms in total. The molecule has 5 heteroatoms. The molecule has 0 aromatic carbocycles. The third-order valence-electron chi connectivity index (χ3n) is 2.20. The molecule has 0 aliphatic heterocycles. The number of hydrogen-bond acceptors (Lipinski definition) is 2. The summed E-state index contributed by atoms with van der Waals surface area (Å²) in [6, 6.07) is -0.226. The summed E-state index contributed by atoms with van der Waals surface area (Å²) in [5.41, 5.74) is 0. The second-order valence-corrected chi connectivity index (χ2v) is 3.83. The van der Waals surface area contributed by atoms with Gasteiger partial charge in [-0.1, -0.05) is 19.9 Å². The number of carboxylic acid groups (broad SMARTS) is 1. The minimum absolute atomic E-state index is 0.226. The Morgan fingerprint density at radius 1 is 1.18 bits per heavy atom. The van der Waals surface area contributed by atoms with E-state index >= 15 is 0 Å². The molecule has 0 saturated carbocycles. The molecule has 2 amide bonds. The van der Waals surface area contributed by atoms with Gasteiger partial charge in [-0.05, 0) is 12.8 Å². The van der Waals surface area contributed by atoms with Crippen LogP contribution in [0.3, 0.4) is 0 Å². The Morgan fingerprint density at radius 2 is 1.71 bits per heavy atom. The van der Waals surface area contributed by atoms with Crippen LogP contribution in [0, 0.1) is 0 Å². The minimum atomic E-state index is -1.01. The van der Waals surface area contributed by atoms with Crippen molar-refractivity contribution in [3.63, 3.8) is 0 Å². The third kappa shape index (κ3) is 5.94. The molecule has 0 atom stereocenters. The standard InChI is InChI=1S/C12H22N2O3/c1-4-7-13(8-5-2)12(17)14(9-6-3)10-11(15)16/h6H,3-5,7-10H2,1-2H3,(H,15,16). The van der Waals surface area contributed by atoms with Crippen LogP contribution in [-0.4, -0.2) is 53.1 Å². The Bertz CT molecular complexity index is 260. The number of urea groups is 1. The van der Waals surface area contributed by atoms with E-state index in [-0.39, 0.29) is 19.1 Å². The molecule has 0 heterocycles. The maximum absolute atomic E-state index is 12.1. The summed E-state index contributed by atoms with van der Waals surface area (Å²) >= 11 is 0. The van der Waals surface area contributed by atoms with Crippen LogP contribution in [0.2, 0.25) is 0 Å². The van der Waals surface area contributed by atoms with Crippen LogP contribution < -0.4 is 0 Å². The maximum Gasteiger partial charge on any atom is 0.323 e. The lowest BCUT2D eigenvalue weighted by atomic mass is 10.3. The van der Waals surface area contributed by atoms with Crippen LogP contribution in [0.25, 0.3) is 0 Å². The molecule has 0 aliphatic rings. The van der Waals surface area contributed by atoms with E-state index in [9.17, 15) is 9.59 Å². The Labute approximate surface area is 103 Å². The molecule has 0 aromatic heterocycles. The number of aliphatic carboxylic acids is 1. The van der Waals surface area contributed by atoms with E-state index in [0.29, 0.717) is 13.1 Å². The van der Waals surface area contributed by atoms with Crippen LogP contribution in [0.5, 0.6) is 0 Å². The first kappa shape index (κ1) is 15.5. The monoisotopic (exact) mass is 242 g/mol. The van der Waals surface area contributed by atoms with Crippen LogP contribution in [0.15, 0.2) is 12.7 Å². The number of carbonyl (C=O) groups is 2. The van der Waals surface area contributed by atoms with Gasteiger partial charge >= 0.3 is 12.0 Å². The zero-order valence-corrected chi connectivity index (χ0v) is 10.7. The fraction of sp³-hybridized carbons (Fsp3) is 0.667. The van der Waals surface area contributed by atoms with E-state index in [1.807, 2.05) is 13.8 Å². The number of nitrogens with zero attached hydrogens (tertiary/aromatic N) is 2. The van der Waals surface area contributed by atoms with Crippen LogP contribution >= 0.6 is 0 Å². The third-order valence-corrected chi connectivity index (χ3v) is 2.20. The summed E-state index contributed by atoms with van der Waals surface area (Å²) in [6.07, 6.45) is 3.26. The van der Waals surface area contributed by atoms with Crippen molar-refractivity contribution < 1.29 is 14.7 Å². The van der Waals surface area contributed by atoms with Gasteiger partial charge in [0.25, 0.3) is 0 Å². The van der Waals surface area contributed by atoms with E-state index in [4.69, 9.17) is 5.11 Å². The quantitative estimate of drug-likeness (QED) is 0.660. The highest BCUT2D eigenvalue weighted by Crippen LogP contribution is 2.02. The lowest BCUT2D eigenvalue weighted by Crippen LogP contribution is -2.46. The maximum atomic E-state index is 12.1. The summed E-state index contributed by atoms with van der Waals surface area (Å²) in [6.45, 7) is 8.80. The molecule has 0 fully saturated rings. The van der Waals surface area contributed by atoms with Crippen molar-refractivity contribution in [3.8, 4) is 0 Å². The summed E-state index contributed by atoms with van der Waals surface area (Å²) in [5, 5.41) is 8.75. The number of amides is 2. The largest absolute Gasteiger partial charge is 0.480 e. The van der Waals surface area contributed by atoms with Gasteiger partial charge in [-0.3, -0.25) is 4.79 Å². The first-order valence-corrected chi connectivity index (χ1v) is 5.93. The van der Waals surface area contributed by atoms with E-state index < -0.39 is 5.97 Å². The average molecular weight is 242 g/mol. The zero-order valence-electron chi connectivity index (χ0n) is 10.7. The summed E-state index contributed by atoms with van der Waals surface area (Å²) in [4.78, 5) is 25.7. The molecule has 0 spiro atoms. The normalized spacial score (nSPS) is 9.76. The number of carbonyl (C=O) groups excluding carboxylic acids is 1. The predicted octanol–water partition coefficient (Wildman–Crippen LogP) is 1.80. The molecule has 0 saturated heterocycles. The van der Waals surface area contributed by atoms with E-state index in [1.165, 1.54) is 11.0 Å². The summed E-state index contributed by atoms with van der Waals surface area (Å²) < 4.78 is 0. The van der Waals surface area contributed by atoms with Crippen molar-refractivity contribution in [3.05, 3.63) is 12.7 Å². The van der Waals surface area contributed by atoms with Gasteiger partial charge in [0.1, 0.15) is 6.54 Å². The molecule has 0 aromatic rings. The fourth-order valence-corrected chi connectivity index (χ4v) is 1.57. The first-order chi connectivity index (χ1) is 8.06. The van der Waals surface area contributed by atoms with Crippen LogP contribution in [0.4, 0.5) is 4.79 Å². The molecule has 17 heavy (non-hydrogen) atoms. The van der Waals surface area contributed by atoms with E-state index in [1.54, 1.807) is 4.90 Å². The Hall–Kier alpha value is -1.52. The second kappa shape index (κ2) is 8.61. The molecular formula is C12H22N2O3. The average Bonchev–Trinajstić information content (AvgIpc) is 2.27. The molecule has 0 rings (SSSR count). The smallest absolute Gasteiger partial charge is 0.323 e. The highest BCUT2D eigenvalue weighted by atomic mass is 16.4. The fourth-order valence-electron chi connectivity index (χ4n) is 1.57. The molecule has 98 valence electrons. The van der Waals surface area contributed by atoms with Crippen molar-refractivity contribution in [2.75, 3.05) is 26.2 Å². The summed E-state index contributed by atoms with van der Waals surface area (Å²) in [5.74, 6) is -1.01. The van der Waals surface area contributed by atoms with Gasteiger partial charge in [-0.15, -0.1) is 6.58 Å². The number of rotatable bonds is 8. The molecule has 0 unspecified atom stereocenters. The van der Waals surface area contributed by atoms with Gasteiger partial charge in [0.15, 0.2) is 0 Å². The van der Waals surface area contributed by atoms with Gasteiger partial charge < -0.3 is 14.9 Å². The van der Waals surface area contributed by atoms with Gasteiger partial charge in [0.05, 0.1) is 0 Å². The van der Waals surface area contributed by atoms with Crippen molar-refractivity contribution in [2.45, 2.75) is 26.7 Å². The number of hydrogen-bond donors (Lipinski definition) is 1. The Balaban J connectivity index is 4.62. The SMILES string of the molecule is C=CCN(CC(=O)O)C(=O)N(CCC)CCC. The van der Waals surface area contributed by atoms with Gasteiger partial charge in [-0.2, -0.15) is 0 Å². The summed E-state index contributed by atoms with van der Waals surface area (Å²) in [7, 11) is 0. The topological polar surface area (TPSA) is 60.9 Å².